The van der Waals surface area contributed by atoms with Gasteiger partial charge in [-0.25, -0.2) is 13.4 Å². The zero-order valence-electron chi connectivity index (χ0n) is 11.8. The normalized spacial score (nSPS) is 23.9. The summed E-state index contributed by atoms with van der Waals surface area (Å²) in [4.78, 5) is 4.30. The van der Waals surface area contributed by atoms with Crippen LogP contribution in [0.25, 0.3) is 0 Å². The number of aliphatic hydroxyl groups excluding tert-OH is 1. The van der Waals surface area contributed by atoms with Gasteiger partial charge in [0.15, 0.2) is 0 Å². The van der Waals surface area contributed by atoms with Crippen LogP contribution in [0.2, 0.25) is 0 Å². The maximum Gasteiger partial charge on any atom is 0.243 e. The van der Waals surface area contributed by atoms with Gasteiger partial charge in [0.05, 0.1) is 17.5 Å². The molecule has 1 aliphatic heterocycles. The van der Waals surface area contributed by atoms with Crippen molar-refractivity contribution in [2.45, 2.75) is 31.2 Å². The Bertz CT molecular complexity index is 562. The van der Waals surface area contributed by atoms with Crippen molar-refractivity contribution in [1.82, 2.24) is 9.29 Å². The smallest absolute Gasteiger partial charge is 0.243 e. The average Bonchev–Trinajstić information content (AvgIpc) is 2.81. The molecule has 7 heteroatoms. The first-order valence-electron chi connectivity index (χ1n) is 6.83. The van der Waals surface area contributed by atoms with Crippen molar-refractivity contribution >= 4 is 15.8 Å². The summed E-state index contributed by atoms with van der Waals surface area (Å²) in [6.45, 7) is 4.87. The molecule has 0 amide bonds. The number of sulfonamides is 1. The predicted molar refractivity (Wildman–Crippen MR) is 76.9 cm³/mol. The Morgan fingerprint density at radius 1 is 1.55 bits per heavy atom. The largest absolute Gasteiger partial charge is 0.395 e. The first kappa shape index (κ1) is 15.2. The summed E-state index contributed by atoms with van der Waals surface area (Å²) in [7, 11) is -3.58. The molecule has 0 radical (unpaired) electrons. The van der Waals surface area contributed by atoms with Crippen LogP contribution in [0.3, 0.4) is 0 Å². The lowest BCUT2D eigenvalue weighted by atomic mass is 10.0. The maximum atomic E-state index is 12.7. The molecule has 0 aliphatic carbocycles. The van der Waals surface area contributed by atoms with E-state index in [1.54, 1.807) is 0 Å². The van der Waals surface area contributed by atoms with E-state index in [1.165, 1.54) is 22.6 Å². The van der Waals surface area contributed by atoms with Crippen LogP contribution in [0.4, 0.5) is 5.82 Å². The fraction of sp³-hybridized carbons (Fsp3) is 0.615. The van der Waals surface area contributed by atoms with Gasteiger partial charge in [-0.15, -0.1) is 0 Å². The molecule has 2 unspecified atom stereocenters. The molecule has 0 bridgehead atoms. The van der Waals surface area contributed by atoms with Gasteiger partial charge in [0.25, 0.3) is 0 Å². The number of hydrogen-bond donors (Lipinski definition) is 2. The van der Waals surface area contributed by atoms with E-state index in [2.05, 4.69) is 10.3 Å². The highest BCUT2D eigenvalue weighted by Gasteiger charge is 2.39. The lowest BCUT2D eigenvalue weighted by molar-refractivity contribution is 0.191. The first-order chi connectivity index (χ1) is 9.50. The van der Waals surface area contributed by atoms with Gasteiger partial charge in [0.1, 0.15) is 5.82 Å². The molecule has 2 atom stereocenters. The van der Waals surface area contributed by atoms with Crippen molar-refractivity contribution in [2.24, 2.45) is 5.92 Å². The van der Waals surface area contributed by atoms with Crippen LogP contribution >= 0.6 is 0 Å². The van der Waals surface area contributed by atoms with Crippen LogP contribution in [0, 0.1) is 5.92 Å². The quantitative estimate of drug-likeness (QED) is 0.844. The molecule has 0 spiro atoms. The Balaban J connectivity index is 2.32. The second-order valence-electron chi connectivity index (χ2n) is 5.04. The van der Waals surface area contributed by atoms with Crippen LogP contribution in [-0.2, 0) is 10.0 Å². The highest BCUT2D eigenvalue weighted by Crippen LogP contribution is 2.30. The molecule has 6 nitrogen and oxygen atoms in total. The fourth-order valence-electron chi connectivity index (χ4n) is 2.53. The molecular weight excluding hydrogens is 278 g/mol. The number of anilines is 1. The average molecular weight is 299 g/mol. The van der Waals surface area contributed by atoms with Gasteiger partial charge in [-0.3, -0.25) is 0 Å². The van der Waals surface area contributed by atoms with Gasteiger partial charge in [-0.1, -0.05) is 6.92 Å². The SMILES string of the molecule is CCNc1cc(S(=O)(=O)N2CCC(C)C2CO)ccn1. The van der Waals surface area contributed by atoms with Gasteiger partial charge in [-0.2, -0.15) is 4.31 Å². The summed E-state index contributed by atoms with van der Waals surface area (Å²) >= 11 is 0. The van der Waals surface area contributed by atoms with E-state index >= 15 is 0 Å². The Morgan fingerprint density at radius 2 is 2.30 bits per heavy atom. The minimum absolute atomic E-state index is 0.147. The first-order valence-corrected chi connectivity index (χ1v) is 8.27. The van der Waals surface area contributed by atoms with Gasteiger partial charge < -0.3 is 10.4 Å². The van der Waals surface area contributed by atoms with Crippen molar-refractivity contribution in [3.63, 3.8) is 0 Å². The van der Waals surface area contributed by atoms with Crippen LogP contribution in [-0.4, -0.2) is 48.6 Å². The molecule has 0 saturated carbocycles. The van der Waals surface area contributed by atoms with Gasteiger partial charge in [0.2, 0.25) is 10.0 Å². The third-order valence-electron chi connectivity index (χ3n) is 3.71. The molecule has 2 rings (SSSR count). The number of nitrogens with one attached hydrogen (secondary N) is 1. The van der Waals surface area contributed by atoms with E-state index in [1.807, 2.05) is 13.8 Å². The van der Waals surface area contributed by atoms with Gasteiger partial charge in [0, 0.05) is 25.4 Å². The summed E-state index contributed by atoms with van der Waals surface area (Å²) in [6, 6.07) is 2.69. The van der Waals surface area contributed by atoms with Crippen molar-refractivity contribution in [3.05, 3.63) is 18.3 Å². The Hall–Kier alpha value is -1.18. The molecule has 112 valence electrons. The Kier molecular flexibility index (Phi) is 4.62. The van der Waals surface area contributed by atoms with Crippen LogP contribution < -0.4 is 5.32 Å². The highest BCUT2D eigenvalue weighted by molar-refractivity contribution is 7.89. The number of hydrogen-bond acceptors (Lipinski definition) is 5. The summed E-state index contributed by atoms with van der Waals surface area (Å²) in [6.07, 6.45) is 2.26. The van der Waals surface area contributed by atoms with E-state index in [4.69, 9.17) is 0 Å². The summed E-state index contributed by atoms with van der Waals surface area (Å²) in [5, 5.41) is 12.4. The predicted octanol–water partition coefficient (Wildman–Crippen LogP) is 0.905. The Morgan fingerprint density at radius 3 is 2.95 bits per heavy atom. The molecule has 2 heterocycles. The molecule has 1 aliphatic rings. The Labute approximate surface area is 119 Å². The van der Waals surface area contributed by atoms with Crippen LogP contribution in [0.1, 0.15) is 20.3 Å². The third kappa shape index (κ3) is 2.79. The molecule has 1 aromatic rings. The second kappa shape index (κ2) is 6.07. The minimum Gasteiger partial charge on any atom is -0.395 e. The maximum absolute atomic E-state index is 12.7. The number of nitrogens with zero attached hydrogens (tertiary/aromatic N) is 2. The second-order valence-corrected chi connectivity index (χ2v) is 6.93. The van der Waals surface area contributed by atoms with Gasteiger partial charge in [-0.05, 0) is 25.3 Å². The lowest BCUT2D eigenvalue weighted by Crippen LogP contribution is -2.39. The zero-order chi connectivity index (χ0) is 14.8. The highest BCUT2D eigenvalue weighted by atomic mass is 32.2. The van der Waals surface area contributed by atoms with E-state index in [-0.39, 0.29) is 23.5 Å². The molecule has 1 saturated heterocycles. The van der Waals surface area contributed by atoms with E-state index in [9.17, 15) is 13.5 Å². The molecular formula is C13H21N3O3S. The third-order valence-corrected chi connectivity index (χ3v) is 5.63. The minimum atomic E-state index is -3.58. The number of aliphatic hydroxyl groups is 1. The molecule has 0 aromatic carbocycles. The van der Waals surface area contributed by atoms with Crippen molar-refractivity contribution in [1.29, 1.82) is 0 Å². The van der Waals surface area contributed by atoms with Gasteiger partial charge >= 0.3 is 0 Å². The van der Waals surface area contributed by atoms with Crippen molar-refractivity contribution < 1.29 is 13.5 Å². The van der Waals surface area contributed by atoms with Crippen LogP contribution in [0.15, 0.2) is 23.2 Å². The van der Waals surface area contributed by atoms with Crippen molar-refractivity contribution in [3.8, 4) is 0 Å². The topological polar surface area (TPSA) is 82.5 Å². The van der Waals surface area contributed by atoms with E-state index < -0.39 is 10.0 Å². The van der Waals surface area contributed by atoms with Crippen LogP contribution in [0.5, 0.6) is 0 Å². The van der Waals surface area contributed by atoms with E-state index in [0.717, 1.165) is 6.42 Å². The fourth-order valence-corrected chi connectivity index (χ4v) is 4.27. The van der Waals surface area contributed by atoms with Crippen molar-refractivity contribution in [2.75, 3.05) is 25.0 Å². The molecule has 2 N–H and O–H groups in total. The zero-order valence-corrected chi connectivity index (χ0v) is 12.6. The summed E-state index contributed by atoms with van der Waals surface area (Å²) in [5.41, 5.74) is 0. The van der Waals surface area contributed by atoms with E-state index in [0.29, 0.717) is 18.9 Å². The lowest BCUT2D eigenvalue weighted by Gasteiger charge is -2.24. The number of pyridine rings is 1. The summed E-state index contributed by atoms with van der Waals surface area (Å²) in [5.74, 6) is 0.714. The summed E-state index contributed by atoms with van der Waals surface area (Å²) < 4.78 is 26.7. The molecule has 1 aromatic heterocycles. The number of aromatic nitrogens is 1. The molecule has 20 heavy (non-hydrogen) atoms. The number of rotatable bonds is 5. The monoisotopic (exact) mass is 299 g/mol. The molecule has 1 fully saturated rings. The standard InChI is InChI=1S/C13H21N3O3S/c1-3-14-13-8-11(4-6-15-13)20(18,19)16-7-5-10(2)12(16)9-17/h4,6,8,10,12,17H,3,5,7,9H2,1-2H3,(H,14,15).